The zero-order valence-corrected chi connectivity index (χ0v) is 35.5. The highest BCUT2D eigenvalue weighted by Crippen LogP contribution is 2.90. The van der Waals surface area contributed by atoms with Crippen molar-refractivity contribution in [3.05, 3.63) is 0 Å². The normalized spacial score (nSPS) is 56.1. The van der Waals surface area contributed by atoms with Crippen LogP contribution in [0.4, 0.5) is 0 Å². The molecule has 0 aromatic rings. The standard InChI is InChI=1S/C43H70O15/c1-21(45)54-32-28(47)22(46)19-53-35(32)57-26-10-12-42-20-41(42)15-14-39(7)38(6,13-16-43(39,52)40(8)11-9-27(58-40)37(4,5)51)25(41)17-23(33(42)36(26,2)3)55-34-31(50)30(49)29(48)24(18-44)56-34/h22-35,44,46-52H,9-20H2,1-8H3. The van der Waals surface area contributed by atoms with Crippen LogP contribution in [0.25, 0.3) is 0 Å². The molecule has 58 heavy (non-hydrogen) atoms. The minimum atomic E-state index is -1.62. The van der Waals surface area contributed by atoms with Gasteiger partial charge in [0, 0.05) is 12.3 Å². The molecule has 2 spiro atoms. The highest BCUT2D eigenvalue weighted by atomic mass is 16.7. The first-order chi connectivity index (χ1) is 26.9. The van der Waals surface area contributed by atoms with Gasteiger partial charge in [0.05, 0.1) is 48.3 Å². The van der Waals surface area contributed by atoms with Crippen LogP contribution >= 0.6 is 0 Å². The van der Waals surface area contributed by atoms with Gasteiger partial charge in [-0.3, -0.25) is 4.79 Å². The van der Waals surface area contributed by atoms with Gasteiger partial charge in [0.25, 0.3) is 0 Å². The van der Waals surface area contributed by atoms with E-state index in [0.29, 0.717) is 32.1 Å². The number of aliphatic hydroxyl groups excluding tert-OH is 6. The molecule has 0 bridgehead atoms. The fourth-order valence-corrected chi connectivity index (χ4v) is 15.0. The molecular weight excluding hydrogens is 756 g/mol. The second-order valence-corrected chi connectivity index (χ2v) is 21.6. The summed E-state index contributed by atoms with van der Waals surface area (Å²) >= 11 is 0. The van der Waals surface area contributed by atoms with Crippen molar-refractivity contribution in [1.29, 1.82) is 0 Å². The van der Waals surface area contributed by atoms with E-state index in [0.717, 1.165) is 32.1 Å². The van der Waals surface area contributed by atoms with Crippen LogP contribution in [0.5, 0.6) is 0 Å². The predicted molar refractivity (Wildman–Crippen MR) is 203 cm³/mol. The van der Waals surface area contributed by atoms with Crippen LogP contribution in [-0.2, 0) is 33.2 Å². The van der Waals surface area contributed by atoms with Crippen LogP contribution in [0.3, 0.4) is 0 Å². The smallest absolute Gasteiger partial charge is 0.303 e. The summed E-state index contributed by atoms with van der Waals surface area (Å²) in [7, 11) is 0. The molecular formula is C43H70O15. The Bertz CT molecular complexity index is 1590. The van der Waals surface area contributed by atoms with Crippen molar-refractivity contribution in [2.75, 3.05) is 13.2 Å². The van der Waals surface area contributed by atoms with Gasteiger partial charge in [-0.1, -0.05) is 27.7 Å². The Hall–Kier alpha value is -1.05. The second kappa shape index (κ2) is 14.0. The molecule has 0 amide bonds. The van der Waals surface area contributed by atoms with E-state index in [2.05, 4.69) is 27.7 Å². The summed E-state index contributed by atoms with van der Waals surface area (Å²) in [6.07, 6.45) is -6.69. The van der Waals surface area contributed by atoms with E-state index in [1.807, 2.05) is 6.92 Å². The second-order valence-electron chi connectivity index (χ2n) is 21.6. The van der Waals surface area contributed by atoms with Crippen molar-refractivity contribution >= 4 is 5.97 Å². The number of rotatable bonds is 8. The summed E-state index contributed by atoms with van der Waals surface area (Å²) < 4.78 is 37.7. The van der Waals surface area contributed by atoms with Gasteiger partial charge < -0.3 is 69.3 Å². The minimum absolute atomic E-state index is 0.0777. The maximum absolute atomic E-state index is 13.2. The summed E-state index contributed by atoms with van der Waals surface area (Å²) in [4.78, 5) is 12.1. The third kappa shape index (κ3) is 5.88. The maximum atomic E-state index is 13.2. The summed E-state index contributed by atoms with van der Waals surface area (Å²) in [5.41, 5.74) is -5.00. The molecule has 20 unspecified atom stereocenters. The van der Waals surface area contributed by atoms with Gasteiger partial charge in [0.1, 0.15) is 36.6 Å². The Morgan fingerprint density at radius 2 is 1.53 bits per heavy atom. The Labute approximate surface area is 341 Å². The first kappa shape index (κ1) is 43.6. The van der Waals surface area contributed by atoms with Gasteiger partial charge in [-0.05, 0) is 118 Å². The van der Waals surface area contributed by atoms with Gasteiger partial charge in [-0.15, -0.1) is 0 Å². The predicted octanol–water partition coefficient (Wildman–Crippen LogP) is 1.44. The van der Waals surface area contributed by atoms with Crippen molar-refractivity contribution in [1.82, 2.24) is 0 Å². The minimum Gasteiger partial charge on any atom is -0.454 e. The average Bonchev–Trinajstić information content (AvgIpc) is 3.49. The molecule has 3 aliphatic heterocycles. The van der Waals surface area contributed by atoms with Crippen LogP contribution in [0.2, 0.25) is 0 Å². The van der Waals surface area contributed by atoms with E-state index >= 15 is 0 Å². The van der Waals surface area contributed by atoms with Crippen molar-refractivity contribution in [3.8, 4) is 0 Å². The molecule has 5 aliphatic carbocycles. The Morgan fingerprint density at radius 3 is 2.17 bits per heavy atom. The number of ether oxygens (including phenoxy) is 6. The van der Waals surface area contributed by atoms with E-state index < -0.39 is 114 Å². The number of hydrogen-bond donors (Lipinski definition) is 8. The highest BCUT2D eigenvalue weighted by Gasteiger charge is 2.86. The largest absolute Gasteiger partial charge is 0.454 e. The van der Waals surface area contributed by atoms with Crippen LogP contribution in [0.15, 0.2) is 0 Å². The molecule has 8 aliphatic rings. The Balaban J connectivity index is 1.15. The SMILES string of the molecule is CC(=O)OC1C(OC2CCC34CC35CCC3(C)C(C)(CCC3(O)C3(C)CCC(C(C)(C)O)O3)C5CC(OC3OC(CO)C(O)C(O)C3O)C4C2(C)C)OCC(O)C1O. The van der Waals surface area contributed by atoms with Crippen molar-refractivity contribution in [2.24, 2.45) is 38.9 Å². The molecule has 332 valence electrons. The van der Waals surface area contributed by atoms with Crippen LogP contribution in [-0.4, -0.2) is 150 Å². The monoisotopic (exact) mass is 826 g/mol. The molecule has 15 nitrogen and oxygen atoms in total. The fourth-order valence-electron chi connectivity index (χ4n) is 15.0. The number of esters is 1. The molecule has 8 rings (SSSR count). The molecule has 0 aromatic heterocycles. The number of carbonyl (C=O) groups excluding carboxylic acids is 1. The van der Waals surface area contributed by atoms with Crippen LogP contribution < -0.4 is 0 Å². The lowest BCUT2D eigenvalue weighted by molar-refractivity contribution is -0.340. The van der Waals surface area contributed by atoms with E-state index in [1.165, 1.54) is 6.92 Å². The van der Waals surface area contributed by atoms with Crippen molar-refractivity contribution in [3.63, 3.8) is 0 Å². The van der Waals surface area contributed by atoms with Gasteiger partial charge in [0.2, 0.25) is 0 Å². The molecule has 8 fully saturated rings. The Morgan fingerprint density at radius 1 is 0.828 bits per heavy atom. The lowest BCUT2D eigenvalue weighted by Crippen LogP contribution is -2.68. The van der Waals surface area contributed by atoms with Gasteiger partial charge >= 0.3 is 5.97 Å². The number of fused-ring (bicyclic) bond motifs is 2. The summed E-state index contributed by atoms with van der Waals surface area (Å²) in [5, 5.41) is 88.2. The highest BCUT2D eigenvalue weighted by molar-refractivity contribution is 5.66. The molecule has 3 heterocycles. The molecule has 8 N–H and O–H groups in total. The van der Waals surface area contributed by atoms with Gasteiger partial charge in [-0.2, -0.15) is 0 Å². The third-order valence-electron chi connectivity index (χ3n) is 18.2. The van der Waals surface area contributed by atoms with E-state index in [9.17, 15) is 45.6 Å². The lowest BCUT2D eigenvalue weighted by Gasteiger charge is -2.66. The van der Waals surface area contributed by atoms with Crippen molar-refractivity contribution in [2.45, 2.75) is 210 Å². The summed E-state index contributed by atoms with van der Waals surface area (Å²) in [5.74, 6) is -0.760. The third-order valence-corrected chi connectivity index (χ3v) is 18.2. The first-order valence-corrected chi connectivity index (χ1v) is 21.8. The van der Waals surface area contributed by atoms with E-state index in [-0.39, 0.29) is 34.7 Å². The van der Waals surface area contributed by atoms with E-state index in [4.69, 9.17) is 28.4 Å². The molecule has 3 saturated heterocycles. The zero-order valence-electron chi connectivity index (χ0n) is 35.5. The molecule has 0 aromatic carbocycles. The maximum Gasteiger partial charge on any atom is 0.303 e. The van der Waals surface area contributed by atoms with Gasteiger partial charge in [0.15, 0.2) is 18.7 Å². The summed E-state index contributed by atoms with van der Waals surface area (Å²) in [6.45, 7) is 14.8. The van der Waals surface area contributed by atoms with Gasteiger partial charge in [-0.25, -0.2) is 0 Å². The fraction of sp³-hybridized carbons (Fsp3) is 0.977. The number of carbonyl (C=O) groups is 1. The van der Waals surface area contributed by atoms with Crippen molar-refractivity contribution < 1.29 is 74.1 Å². The number of hydrogen-bond acceptors (Lipinski definition) is 15. The lowest BCUT2D eigenvalue weighted by atomic mass is 9.40. The topological polar surface area (TPSA) is 234 Å². The van der Waals surface area contributed by atoms with Crippen LogP contribution in [0, 0.1) is 38.9 Å². The Kier molecular flexibility index (Phi) is 10.5. The first-order valence-electron chi connectivity index (χ1n) is 21.8. The summed E-state index contributed by atoms with van der Waals surface area (Å²) in [6, 6.07) is 0. The van der Waals surface area contributed by atoms with E-state index in [1.54, 1.807) is 13.8 Å². The molecule has 15 heteroatoms. The number of aliphatic hydroxyl groups is 8. The average molecular weight is 827 g/mol. The molecule has 20 atom stereocenters. The molecule has 5 saturated carbocycles. The molecule has 0 radical (unpaired) electrons. The zero-order chi connectivity index (χ0) is 42.4. The van der Waals surface area contributed by atoms with Crippen LogP contribution in [0.1, 0.15) is 120 Å². The quantitative estimate of drug-likeness (QED) is 0.128.